The van der Waals surface area contributed by atoms with Crippen molar-refractivity contribution in [3.63, 3.8) is 0 Å². The van der Waals surface area contributed by atoms with E-state index in [1.165, 1.54) is 41.0 Å². The average Bonchev–Trinajstić information content (AvgIpc) is 3.46. The molecule has 30 heavy (non-hydrogen) atoms. The molecule has 0 spiro atoms. The number of nitrogens with one attached hydrogen (secondary N) is 1. The Morgan fingerprint density at radius 1 is 1.23 bits per heavy atom. The first kappa shape index (κ1) is 20.9. The van der Waals surface area contributed by atoms with E-state index in [4.69, 9.17) is 9.47 Å². The van der Waals surface area contributed by atoms with Crippen LogP contribution in [0.3, 0.4) is 0 Å². The number of carbonyl (C=O) groups is 1. The number of carbonyl (C=O) groups excluding carboxylic acids is 1. The molecule has 3 aromatic rings. The van der Waals surface area contributed by atoms with Crippen LogP contribution in [0.25, 0.3) is 10.6 Å². The molecule has 1 fully saturated rings. The van der Waals surface area contributed by atoms with Crippen molar-refractivity contribution >= 4 is 44.3 Å². The van der Waals surface area contributed by atoms with Crippen LogP contribution in [0, 0.1) is 0 Å². The summed E-state index contributed by atoms with van der Waals surface area (Å²) >= 11 is 2.93. The van der Waals surface area contributed by atoms with Crippen molar-refractivity contribution in [1.82, 2.24) is 9.29 Å². The number of benzene rings is 1. The van der Waals surface area contributed by atoms with Gasteiger partial charge in [0.05, 0.1) is 30.9 Å². The molecular formula is C19H19N3O5S3. The minimum Gasteiger partial charge on any atom is -0.495 e. The zero-order chi connectivity index (χ0) is 21.1. The molecule has 1 saturated heterocycles. The molecule has 1 aliphatic rings. The van der Waals surface area contributed by atoms with Crippen molar-refractivity contribution in [2.75, 3.05) is 38.7 Å². The predicted molar refractivity (Wildman–Crippen MR) is 116 cm³/mol. The van der Waals surface area contributed by atoms with Crippen LogP contribution in [0.5, 0.6) is 5.75 Å². The van der Waals surface area contributed by atoms with E-state index in [9.17, 15) is 13.2 Å². The summed E-state index contributed by atoms with van der Waals surface area (Å²) < 4.78 is 37.8. The van der Waals surface area contributed by atoms with Gasteiger partial charge in [0.2, 0.25) is 10.0 Å². The highest BCUT2D eigenvalue weighted by Gasteiger charge is 2.27. The number of hydrogen-bond donors (Lipinski definition) is 1. The van der Waals surface area contributed by atoms with Gasteiger partial charge in [-0.05, 0) is 29.6 Å². The fourth-order valence-electron chi connectivity index (χ4n) is 2.96. The second-order valence-corrected chi connectivity index (χ2v) is 9.96. The molecule has 0 saturated carbocycles. The number of amides is 1. The van der Waals surface area contributed by atoms with E-state index >= 15 is 0 Å². The normalized spacial score (nSPS) is 15.1. The Kier molecular flexibility index (Phi) is 6.16. The zero-order valence-electron chi connectivity index (χ0n) is 16.0. The maximum absolute atomic E-state index is 12.9. The summed E-state index contributed by atoms with van der Waals surface area (Å²) in [5, 5.41) is 9.05. The molecule has 0 unspecified atom stereocenters. The lowest BCUT2D eigenvalue weighted by atomic mass is 10.3. The third kappa shape index (κ3) is 4.25. The standard InChI is InChI=1S/C19H19N3O5S3/c1-26-17-3-2-14(30(24,25)22-5-7-27-8-6-22)10-15(17)20-18(23)16-12-29-19(21-16)13-4-9-28-11-13/h2-4,9-12H,5-8H2,1H3,(H,20,23). The quantitative estimate of drug-likeness (QED) is 0.601. The first-order valence-electron chi connectivity index (χ1n) is 9.04. The lowest BCUT2D eigenvalue weighted by Gasteiger charge is -2.26. The Morgan fingerprint density at radius 2 is 2.03 bits per heavy atom. The van der Waals surface area contributed by atoms with Gasteiger partial charge < -0.3 is 14.8 Å². The number of thiophene rings is 1. The van der Waals surface area contributed by atoms with E-state index in [0.717, 1.165) is 10.6 Å². The van der Waals surface area contributed by atoms with Gasteiger partial charge in [-0.15, -0.1) is 11.3 Å². The van der Waals surface area contributed by atoms with Crippen LogP contribution in [0.4, 0.5) is 5.69 Å². The Balaban J connectivity index is 1.59. The molecular weight excluding hydrogens is 446 g/mol. The molecule has 1 aliphatic heterocycles. The van der Waals surface area contributed by atoms with Gasteiger partial charge in [0, 0.05) is 29.4 Å². The second-order valence-electron chi connectivity index (χ2n) is 6.38. The molecule has 3 heterocycles. The first-order valence-corrected chi connectivity index (χ1v) is 12.3. The van der Waals surface area contributed by atoms with E-state index in [-0.39, 0.29) is 16.3 Å². The first-order chi connectivity index (χ1) is 14.5. The smallest absolute Gasteiger partial charge is 0.275 e. The summed E-state index contributed by atoms with van der Waals surface area (Å²) in [6.07, 6.45) is 0. The monoisotopic (exact) mass is 465 g/mol. The van der Waals surface area contributed by atoms with Gasteiger partial charge >= 0.3 is 0 Å². The summed E-state index contributed by atoms with van der Waals surface area (Å²) in [5.74, 6) is -0.0792. The lowest BCUT2D eigenvalue weighted by molar-refractivity contribution is 0.0730. The fraction of sp³-hybridized carbons (Fsp3) is 0.263. The van der Waals surface area contributed by atoms with Crippen molar-refractivity contribution in [3.05, 3.63) is 46.1 Å². The van der Waals surface area contributed by atoms with Crippen LogP contribution in [0.1, 0.15) is 10.5 Å². The SMILES string of the molecule is COc1ccc(S(=O)(=O)N2CCOCC2)cc1NC(=O)c1csc(-c2ccsc2)n1. The molecule has 1 aromatic carbocycles. The van der Waals surface area contributed by atoms with Crippen molar-refractivity contribution in [3.8, 4) is 16.3 Å². The van der Waals surface area contributed by atoms with Crippen molar-refractivity contribution in [2.24, 2.45) is 0 Å². The molecule has 1 N–H and O–H groups in total. The van der Waals surface area contributed by atoms with Gasteiger partial charge in [0.1, 0.15) is 16.5 Å². The molecule has 4 rings (SSSR count). The molecule has 8 nitrogen and oxygen atoms in total. The Labute approximate surface area is 182 Å². The van der Waals surface area contributed by atoms with Gasteiger partial charge in [-0.2, -0.15) is 15.6 Å². The number of ether oxygens (including phenoxy) is 2. The maximum atomic E-state index is 12.9. The van der Waals surface area contributed by atoms with Crippen LogP contribution < -0.4 is 10.1 Å². The van der Waals surface area contributed by atoms with Crippen LogP contribution in [0.2, 0.25) is 0 Å². The summed E-state index contributed by atoms with van der Waals surface area (Å²) in [7, 11) is -2.24. The predicted octanol–water partition coefficient (Wildman–Crippen LogP) is 3.15. The molecule has 0 bridgehead atoms. The third-order valence-electron chi connectivity index (χ3n) is 4.53. The summed E-state index contributed by atoms with van der Waals surface area (Å²) in [5.41, 5.74) is 1.48. The fourth-order valence-corrected chi connectivity index (χ4v) is 5.91. The highest BCUT2D eigenvalue weighted by atomic mass is 32.2. The van der Waals surface area contributed by atoms with E-state index in [2.05, 4.69) is 10.3 Å². The summed E-state index contributed by atoms with van der Waals surface area (Å²) in [4.78, 5) is 17.2. The number of hydrogen-bond acceptors (Lipinski definition) is 8. The third-order valence-corrected chi connectivity index (χ3v) is 8.00. The Morgan fingerprint density at radius 3 is 2.73 bits per heavy atom. The highest BCUT2D eigenvalue weighted by molar-refractivity contribution is 7.89. The number of anilines is 1. The second kappa shape index (κ2) is 8.82. The topological polar surface area (TPSA) is 97.8 Å². The highest BCUT2D eigenvalue weighted by Crippen LogP contribution is 2.30. The van der Waals surface area contributed by atoms with Gasteiger partial charge in [0.15, 0.2) is 0 Å². The molecule has 0 atom stereocenters. The lowest BCUT2D eigenvalue weighted by Crippen LogP contribution is -2.40. The zero-order valence-corrected chi connectivity index (χ0v) is 18.5. The number of nitrogens with zero attached hydrogens (tertiary/aromatic N) is 2. The molecule has 158 valence electrons. The molecule has 0 aliphatic carbocycles. The Hall–Kier alpha value is -2.31. The minimum absolute atomic E-state index is 0.0812. The molecule has 2 aromatic heterocycles. The summed E-state index contributed by atoms with van der Waals surface area (Å²) in [6.45, 7) is 1.30. The van der Waals surface area contributed by atoms with E-state index < -0.39 is 15.9 Å². The largest absolute Gasteiger partial charge is 0.495 e. The van der Waals surface area contributed by atoms with Crippen LogP contribution in [0.15, 0.2) is 45.3 Å². The number of sulfonamides is 1. The molecule has 11 heteroatoms. The van der Waals surface area contributed by atoms with E-state index in [1.54, 1.807) is 16.7 Å². The van der Waals surface area contributed by atoms with Gasteiger partial charge in [-0.3, -0.25) is 4.79 Å². The van der Waals surface area contributed by atoms with E-state index in [0.29, 0.717) is 32.1 Å². The van der Waals surface area contributed by atoms with Crippen LogP contribution in [-0.2, 0) is 14.8 Å². The summed E-state index contributed by atoms with van der Waals surface area (Å²) in [6, 6.07) is 6.35. The number of thiazole rings is 1. The van der Waals surface area contributed by atoms with Crippen molar-refractivity contribution in [2.45, 2.75) is 4.90 Å². The van der Waals surface area contributed by atoms with E-state index in [1.807, 2.05) is 16.8 Å². The average molecular weight is 466 g/mol. The van der Waals surface area contributed by atoms with Crippen molar-refractivity contribution < 1.29 is 22.7 Å². The maximum Gasteiger partial charge on any atom is 0.275 e. The number of methoxy groups -OCH3 is 1. The van der Waals surface area contributed by atoms with Crippen LogP contribution in [-0.4, -0.2) is 57.0 Å². The number of morpholine rings is 1. The van der Waals surface area contributed by atoms with Gasteiger partial charge in [-0.1, -0.05) is 0 Å². The van der Waals surface area contributed by atoms with Crippen molar-refractivity contribution in [1.29, 1.82) is 0 Å². The molecule has 1 amide bonds. The van der Waals surface area contributed by atoms with Crippen LogP contribution >= 0.6 is 22.7 Å². The number of aromatic nitrogens is 1. The van der Waals surface area contributed by atoms with Gasteiger partial charge in [0.25, 0.3) is 5.91 Å². The van der Waals surface area contributed by atoms with Gasteiger partial charge in [-0.25, -0.2) is 13.4 Å². The number of rotatable bonds is 6. The Bertz CT molecular complexity index is 1140. The minimum atomic E-state index is -3.70. The molecule has 0 radical (unpaired) electrons.